The van der Waals surface area contributed by atoms with Crippen molar-refractivity contribution >= 4 is 5.69 Å². The Hall–Kier alpha value is -1.09. The van der Waals surface area contributed by atoms with Gasteiger partial charge in [-0.15, -0.1) is 0 Å². The first kappa shape index (κ1) is 14.3. The van der Waals surface area contributed by atoms with Gasteiger partial charge in [-0.05, 0) is 55.9 Å². The number of hydrogen-bond acceptors (Lipinski definition) is 2. The lowest BCUT2D eigenvalue weighted by molar-refractivity contribution is 0.568. The molecule has 1 aliphatic carbocycles. The fourth-order valence-corrected chi connectivity index (χ4v) is 2.43. The van der Waals surface area contributed by atoms with Crippen LogP contribution < -0.4 is 10.6 Å². The summed E-state index contributed by atoms with van der Waals surface area (Å²) in [5, 5.41) is 0. The van der Waals surface area contributed by atoms with Crippen molar-refractivity contribution < 1.29 is 4.39 Å². The maximum atomic E-state index is 13.4. The van der Waals surface area contributed by atoms with Gasteiger partial charge in [-0.1, -0.05) is 13.8 Å². The van der Waals surface area contributed by atoms with Crippen molar-refractivity contribution in [3.8, 4) is 0 Å². The number of hydrogen-bond donors (Lipinski definition) is 1. The Morgan fingerprint density at radius 2 is 2.00 bits per heavy atom. The summed E-state index contributed by atoms with van der Waals surface area (Å²) in [4.78, 5) is 2.43. The molecule has 1 aromatic rings. The molecule has 106 valence electrons. The summed E-state index contributed by atoms with van der Waals surface area (Å²) in [6.07, 6.45) is 3.65. The highest BCUT2D eigenvalue weighted by Crippen LogP contribution is 2.36. The van der Waals surface area contributed by atoms with Gasteiger partial charge in [-0.25, -0.2) is 4.39 Å². The lowest BCUT2D eigenvalue weighted by Gasteiger charge is -2.29. The first-order chi connectivity index (χ1) is 8.99. The lowest BCUT2D eigenvalue weighted by Crippen LogP contribution is -2.29. The number of anilines is 1. The molecule has 1 fully saturated rings. The predicted molar refractivity (Wildman–Crippen MR) is 78.8 cm³/mol. The Morgan fingerprint density at radius 3 is 2.53 bits per heavy atom. The molecule has 2 rings (SSSR count). The molecule has 0 radical (unpaired) electrons. The van der Waals surface area contributed by atoms with Crippen LogP contribution in [0.25, 0.3) is 0 Å². The summed E-state index contributed by atoms with van der Waals surface area (Å²) >= 11 is 0. The average Bonchev–Trinajstić information content (AvgIpc) is 3.14. The van der Waals surface area contributed by atoms with Crippen LogP contribution in [0.5, 0.6) is 0 Å². The monoisotopic (exact) mass is 264 g/mol. The molecule has 0 heterocycles. The maximum absolute atomic E-state index is 13.4. The Balaban J connectivity index is 2.25. The highest BCUT2D eigenvalue weighted by atomic mass is 19.1. The molecule has 2 nitrogen and oxygen atoms in total. The largest absolute Gasteiger partial charge is 0.368 e. The van der Waals surface area contributed by atoms with Crippen molar-refractivity contribution in [3.05, 3.63) is 29.6 Å². The van der Waals surface area contributed by atoms with E-state index in [-0.39, 0.29) is 11.9 Å². The van der Waals surface area contributed by atoms with Crippen molar-refractivity contribution in [2.75, 3.05) is 11.4 Å². The topological polar surface area (TPSA) is 29.3 Å². The van der Waals surface area contributed by atoms with Crippen molar-refractivity contribution in [1.82, 2.24) is 0 Å². The van der Waals surface area contributed by atoms with E-state index in [2.05, 4.69) is 18.7 Å². The van der Waals surface area contributed by atoms with E-state index in [1.54, 1.807) is 12.1 Å². The van der Waals surface area contributed by atoms with Gasteiger partial charge in [0.1, 0.15) is 5.82 Å². The predicted octanol–water partition coefficient (Wildman–Crippen LogP) is 3.86. The van der Waals surface area contributed by atoms with Crippen molar-refractivity contribution in [1.29, 1.82) is 0 Å². The van der Waals surface area contributed by atoms with Gasteiger partial charge in [-0.3, -0.25) is 0 Å². The summed E-state index contributed by atoms with van der Waals surface area (Å²) in [6.45, 7) is 7.43. The molecule has 1 atom stereocenters. The third-order valence-electron chi connectivity index (χ3n) is 3.72. The molecule has 0 saturated heterocycles. The van der Waals surface area contributed by atoms with Crippen LogP contribution in [0.4, 0.5) is 10.1 Å². The zero-order chi connectivity index (χ0) is 14.0. The zero-order valence-electron chi connectivity index (χ0n) is 12.2. The third-order valence-corrected chi connectivity index (χ3v) is 3.72. The Labute approximate surface area is 115 Å². The van der Waals surface area contributed by atoms with Crippen LogP contribution in [-0.4, -0.2) is 12.6 Å². The normalized spacial score (nSPS) is 16.7. The number of halogens is 1. The van der Waals surface area contributed by atoms with Gasteiger partial charge in [0.2, 0.25) is 0 Å². The van der Waals surface area contributed by atoms with E-state index in [9.17, 15) is 4.39 Å². The maximum Gasteiger partial charge on any atom is 0.123 e. The molecule has 1 aromatic carbocycles. The first-order valence-electron chi connectivity index (χ1n) is 7.30. The number of rotatable bonds is 6. The number of nitrogens with zero attached hydrogens (tertiary/aromatic N) is 1. The average molecular weight is 264 g/mol. The van der Waals surface area contributed by atoms with E-state index < -0.39 is 0 Å². The molecule has 0 bridgehead atoms. The molecular weight excluding hydrogens is 239 g/mol. The van der Waals surface area contributed by atoms with E-state index in [1.807, 2.05) is 13.0 Å². The molecule has 19 heavy (non-hydrogen) atoms. The van der Waals surface area contributed by atoms with E-state index in [0.29, 0.717) is 12.0 Å². The quantitative estimate of drug-likeness (QED) is 0.845. The fraction of sp³-hybridized carbons (Fsp3) is 0.625. The standard InChI is InChI=1S/C16H25FN2/c1-11(2)8-9-19(14-5-6-14)16-7-4-13(17)10-15(16)12(3)18/h4,7,10-12,14H,5-6,8-9,18H2,1-3H3/t12-/m1/s1. The van der Waals surface area contributed by atoms with E-state index >= 15 is 0 Å². The summed E-state index contributed by atoms with van der Waals surface area (Å²) < 4.78 is 13.4. The fourth-order valence-electron chi connectivity index (χ4n) is 2.43. The highest BCUT2D eigenvalue weighted by Gasteiger charge is 2.30. The summed E-state index contributed by atoms with van der Waals surface area (Å²) in [5.74, 6) is 0.483. The number of benzene rings is 1. The Bertz CT molecular complexity index is 425. The van der Waals surface area contributed by atoms with Crippen LogP contribution in [0.3, 0.4) is 0 Å². The summed E-state index contributed by atoms with van der Waals surface area (Å²) in [7, 11) is 0. The molecule has 3 heteroatoms. The van der Waals surface area contributed by atoms with Crippen LogP contribution in [-0.2, 0) is 0 Å². The zero-order valence-corrected chi connectivity index (χ0v) is 12.2. The van der Waals surface area contributed by atoms with E-state index in [4.69, 9.17) is 5.73 Å². The molecule has 0 amide bonds. The minimum Gasteiger partial charge on any atom is -0.368 e. The van der Waals surface area contributed by atoms with Crippen molar-refractivity contribution in [2.24, 2.45) is 11.7 Å². The van der Waals surface area contributed by atoms with Crippen LogP contribution in [0.1, 0.15) is 51.6 Å². The van der Waals surface area contributed by atoms with Crippen LogP contribution in [0.2, 0.25) is 0 Å². The second-order valence-electron chi connectivity index (χ2n) is 6.10. The van der Waals surface area contributed by atoms with E-state index in [1.165, 1.54) is 12.8 Å². The molecular formula is C16H25FN2. The molecule has 2 N–H and O–H groups in total. The van der Waals surface area contributed by atoms with Crippen molar-refractivity contribution in [3.63, 3.8) is 0 Å². The Kier molecular flexibility index (Phi) is 4.46. The van der Waals surface area contributed by atoms with Gasteiger partial charge in [0.05, 0.1) is 0 Å². The first-order valence-corrected chi connectivity index (χ1v) is 7.30. The molecule has 0 aromatic heterocycles. The van der Waals surface area contributed by atoms with Gasteiger partial charge in [-0.2, -0.15) is 0 Å². The van der Waals surface area contributed by atoms with Crippen LogP contribution in [0.15, 0.2) is 18.2 Å². The second-order valence-corrected chi connectivity index (χ2v) is 6.10. The van der Waals surface area contributed by atoms with Gasteiger partial charge >= 0.3 is 0 Å². The van der Waals surface area contributed by atoms with E-state index in [0.717, 1.165) is 24.2 Å². The van der Waals surface area contributed by atoms with Gasteiger partial charge in [0.25, 0.3) is 0 Å². The molecule has 1 aliphatic rings. The SMILES string of the molecule is CC(C)CCN(c1ccc(F)cc1[C@@H](C)N)C1CC1. The molecule has 0 aliphatic heterocycles. The smallest absolute Gasteiger partial charge is 0.123 e. The second kappa shape index (κ2) is 5.91. The van der Waals surface area contributed by atoms with Gasteiger partial charge < -0.3 is 10.6 Å². The minimum absolute atomic E-state index is 0.133. The number of nitrogens with two attached hydrogens (primary N) is 1. The van der Waals surface area contributed by atoms with Crippen molar-refractivity contribution in [2.45, 2.75) is 52.1 Å². The summed E-state index contributed by atoms with van der Waals surface area (Å²) in [5.41, 5.74) is 8.06. The lowest BCUT2D eigenvalue weighted by atomic mass is 10.0. The van der Waals surface area contributed by atoms with Gasteiger partial charge in [0, 0.05) is 24.3 Å². The van der Waals surface area contributed by atoms with Crippen LogP contribution >= 0.6 is 0 Å². The van der Waals surface area contributed by atoms with Gasteiger partial charge in [0.15, 0.2) is 0 Å². The van der Waals surface area contributed by atoms with Crippen LogP contribution in [0, 0.1) is 11.7 Å². The summed E-state index contributed by atoms with van der Waals surface area (Å²) in [6, 6.07) is 5.52. The highest BCUT2D eigenvalue weighted by molar-refractivity contribution is 5.56. The third kappa shape index (κ3) is 3.69. The molecule has 1 saturated carbocycles. The molecule has 0 spiro atoms. The Morgan fingerprint density at radius 1 is 1.32 bits per heavy atom. The molecule has 0 unspecified atom stereocenters. The minimum atomic E-state index is -0.198.